The second kappa shape index (κ2) is 10.6. The van der Waals surface area contributed by atoms with Gasteiger partial charge in [0.05, 0.1) is 44.0 Å². The van der Waals surface area contributed by atoms with Crippen LogP contribution in [0.3, 0.4) is 0 Å². The van der Waals surface area contributed by atoms with Crippen molar-refractivity contribution in [3.63, 3.8) is 0 Å². The predicted molar refractivity (Wildman–Crippen MR) is 138 cm³/mol. The molecule has 1 aliphatic heterocycles. The summed E-state index contributed by atoms with van der Waals surface area (Å²) in [5.41, 5.74) is 9.70. The maximum absolute atomic E-state index is 13.2. The molecule has 0 radical (unpaired) electrons. The highest BCUT2D eigenvalue weighted by Crippen LogP contribution is 2.43. The Kier molecular flexibility index (Phi) is 7.32. The van der Waals surface area contributed by atoms with E-state index < -0.39 is 17.9 Å². The van der Waals surface area contributed by atoms with Crippen LogP contribution in [0.4, 0.5) is 5.69 Å². The minimum atomic E-state index is -0.912. The van der Waals surface area contributed by atoms with Crippen molar-refractivity contribution in [2.45, 2.75) is 19.4 Å². The van der Waals surface area contributed by atoms with Crippen molar-refractivity contribution in [1.82, 2.24) is 4.57 Å². The Balaban J connectivity index is 1.99. The highest BCUT2D eigenvalue weighted by molar-refractivity contribution is 6.06. The molecule has 1 unspecified atom stereocenters. The molecule has 2 heterocycles. The molecule has 9 heteroatoms. The summed E-state index contributed by atoms with van der Waals surface area (Å²) in [7, 11) is 4.10. The summed E-state index contributed by atoms with van der Waals surface area (Å²) in [4.78, 5) is 27.8. The molecular weight excluding hydrogens is 472 g/mol. The molecule has 0 saturated carbocycles. The summed E-state index contributed by atoms with van der Waals surface area (Å²) in [6.07, 6.45) is 0. The molecule has 0 spiro atoms. The SMILES string of the molecule is COCCn1c(C)cc2cc(N3C(N)=C(C#N)C(c4ccccc4)C(C(=O)OC)=C3C(=O)OC)ccc21. The van der Waals surface area contributed by atoms with Gasteiger partial charge in [-0.2, -0.15) is 5.26 Å². The zero-order chi connectivity index (χ0) is 26.7. The Morgan fingerprint density at radius 1 is 1.03 bits per heavy atom. The van der Waals surface area contributed by atoms with E-state index in [1.807, 2.05) is 31.2 Å². The van der Waals surface area contributed by atoms with Crippen LogP contribution in [0.15, 0.2) is 77.3 Å². The average molecular weight is 501 g/mol. The van der Waals surface area contributed by atoms with Gasteiger partial charge in [-0.15, -0.1) is 0 Å². The van der Waals surface area contributed by atoms with Crippen molar-refractivity contribution in [2.75, 3.05) is 32.8 Å². The predicted octanol–water partition coefficient (Wildman–Crippen LogP) is 3.49. The van der Waals surface area contributed by atoms with Gasteiger partial charge in [0.2, 0.25) is 0 Å². The van der Waals surface area contributed by atoms with Crippen LogP contribution < -0.4 is 10.6 Å². The molecule has 9 nitrogen and oxygen atoms in total. The standard InChI is InChI=1S/C28H28N4O5/c1-17-14-19-15-20(10-11-22(19)31(17)12-13-35-2)32-25(28(34)37-4)24(27(33)36-3)23(21(16-29)26(32)30)18-8-6-5-7-9-18/h5-11,14-15,23H,12-13,30H2,1-4H3. The monoisotopic (exact) mass is 500 g/mol. The van der Waals surface area contributed by atoms with Gasteiger partial charge in [-0.3, -0.25) is 4.90 Å². The molecule has 1 aromatic heterocycles. The maximum Gasteiger partial charge on any atom is 0.355 e. The van der Waals surface area contributed by atoms with Crippen LogP contribution in [-0.2, 0) is 30.3 Å². The van der Waals surface area contributed by atoms with E-state index in [1.54, 1.807) is 37.4 Å². The van der Waals surface area contributed by atoms with Crippen LogP contribution in [0.1, 0.15) is 17.2 Å². The van der Waals surface area contributed by atoms with E-state index >= 15 is 0 Å². The molecule has 1 atom stereocenters. The van der Waals surface area contributed by atoms with E-state index in [2.05, 4.69) is 10.6 Å². The lowest BCUT2D eigenvalue weighted by Crippen LogP contribution is -2.40. The zero-order valence-electron chi connectivity index (χ0n) is 21.1. The van der Waals surface area contributed by atoms with Crippen LogP contribution in [-0.4, -0.2) is 44.4 Å². The fraction of sp³-hybridized carbons (Fsp3) is 0.250. The van der Waals surface area contributed by atoms with Crippen molar-refractivity contribution in [2.24, 2.45) is 5.73 Å². The number of nitrogens with two attached hydrogens (primary N) is 1. The Morgan fingerprint density at radius 3 is 2.35 bits per heavy atom. The van der Waals surface area contributed by atoms with Gasteiger partial charge >= 0.3 is 11.9 Å². The van der Waals surface area contributed by atoms with Crippen molar-refractivity contribution in [1.29, 1.82) is 5.26 Å². The van der Waals surface area contributed by atoms with Crippen LogP contribution in [0.5, 0.6) is 0 Å². The number of anilines is 1. The third-order valence-corrected chi connectivity index (χ3v) is 6.48. The minimum absolute atomic E-state index is 0.0271. The number of hydrogen-bond acceptors (Lipinski definition) is 8. The van der Waals surface area contributed by atoms with Crippen LogP contribution in [0, 0.1) is 18.3 Å². The Morgan fingerprint density at radius 2 is 1.73 bits per heavy atom. The lowest BCUT2D eigenvalue weighted by molar-refractivity contribution is -0.139. The number of carbonyl (C=O) groups excluding carboxylic acids is 2. The molecular formula is C28H28N4O5. The lowest BCUT2D eigenvalue weighted by atomic mass is 9.81. The summed E-state index contributed by atoms with van der Waals surface area (Å²) in [5, 5.41) is 11.1. The van der Waals surface area contributed by atoms with Gasteiger partial charge in [0.25, 0.3) is 0 Å². The summed E-state index contributed by atoms with van der Waals surface area (Å²) in [6.45, 7) is 3.23. The molecule has 37 heavy (non-hydrogen) atoms. The molecule has 0 saturated heterocycles. The van der Waals surface area contributed by atoms with E-state index in [0.29, 0.717) is 24.4 Å². The second-order valence-electron chi connectivity index (χ2n) is 8.51. The van der Waals surface area contributed by atoms with E-state index in [1.165, 1.54) is 19.1 Å². The smallest absolute Gasteiger partial charge is 0.355 e. The quantitative estimate of drug-likeness (QED) is 0.490. The van der Waals surface area contributed by atoms with Crippen LogP contribution in [0.25, 0.3) is 10.9 Å². The number of nitriles is 1. The molecule has 190 valence electrons. The van der Waals surface area contributed by atoms with Crippen molar-refractivity contribution < 1.29 is 23.8 Å². The van der Waals surface area contributed by atoms with E-state index in [-0.39, 0.29) is 22.7 Å². The highest BCUT2D eigenvalue weighted by Gasteiger charge is 2.43. The number of aromatic nitrogens is 1. The van der Waals surface area contributed by atoms with Gasteiger partial charge in [-0.25, -0.2) is 9.59 Å². The first-order valence-electron chi connectivity index (χ1n) is 11.6. The number of rotatable bonds is 7. The van der Waals surface area contributed by atoms with Crippen LogP contribution in [0.2, 0.25) is 0 Å². The van der Waals surface area contributed by atoms with Gasteiger partial charge < -0.3 is 24.5 Å². The van der Waals surface area contributed by atoms with Crippen molar-refractivity contribution >= 4 is 28.5 Å². The fourth-order valence-corrected chi connectivity index (χ4v) is 4.80. The Bertz CT molecular complexity index is 1460. The minimum Gasteiger partial charge on any atom is -0.466 e. The number of aryl methyl sites for hydroxylation is 1. The fourth-order valence-electron chi connectivity index (χ4n) is 4.80. The number of allylic oxidation sites excluding steroid dienone is 1. The maximum atomic E-state index is 13.2. The first kappa shape index (κ1) is 25.5. The largest absolute Gasteiger partial charge is 0.466 e. The molecule has 4 rings (SSSR count). The molecule has 2 N–H and O–H groups in total. The normalized spacial score (nSPS) is 15.6. The summed E-state index contributed by atoms with van der Waals surface area (Å²) in [6, 6.07) is 18.6. The summed E-state index contributed by atoms with van der Waals surface area (Å²) >= 11 is 0. The van der Waals surface area contributed by atoms with E-state index in [4.69, 9.17) is 19.9 Å². The number of benzene rings is 2. The number of ether oxygens (including phenoxy) is 3. The van der Waals surface area contributed by atoms with Crippen molar-refractivity contribution in [3.8, 4) is 6.07 Å². The lowest BCUT2D eigenvalue weighted by Gasteiger charge is -2.36. The molecule has 3 aromatic rings. The van der Waals surface area contributed by atoms with E-state index in [9.17, 15) is 14.9 Å². The summed E-state index contributed by atoms with van der Waals surface area (Å²) in [5.74, 6) is -2.43. The molecule has 1 aliphatic rings. The molecule has 0 aliphatic carbocycles. The molecule has 0 fully saturated rings. The van der Waals surface area contributed by atoms with Gasteiger partial charge in [-0.05, 0) is 36.8 Å². The van der Waals surface area contributed by atoms with Crippen LogP contribution >= 0.6 is 0 Å². The highest BCUT2D eigenvalue weighted by atomic mass is 16.5. The zero-order valence-corrected chi connectivity index (χ0v) is 21.1. The van der Waals surface area contributed by atoms with Crippen molar-refractivity contribution in [3.05, 3.63) is 88.5 Å². The number of hydrogen-bond donors (Lipinski definition) is 1. The number of methoxy groups -OCH3 is 3. The van der Waals surface area contributed by atoms with Gasteiger partial charge in [0.1, 0.15) is 11.5 Å². The first-order chi connectivity index (χ1) is 17.9. The molecule has 0 bridgehead atoms. The van der Waals surface area contributed by atoms with Gasteiger partial charge in [0, 0.05) is 35.9 Å². The number of fused-ring (bicyclic) bond motifs is 1. The van der Waals surface area contributed by atoms with E-state index in [0.717, 1.165) is 16.6 Å². The molecule has 2 aromatic carbocycles. The summed E-state index contributed by atoms with van der Waals surface area (Å²) < 4.78 is 17.5. The first-order valence-corrected chi connectivity index (χ1v) is 11.6. The number of esters is 2. The third-order valence-electron chi connectivity index (χ3n) is 6.48. The second-order valence-corrected chi connectivity index (χ2v) is 8.51. The third kappa shape index (κ3) is 4.43. The van der Waals surface area contributed by atoms with Gasteiger partial charge in [0.15, 0.2) is 0 Å². The number of nitrogens with zero attached hydrogens (tertiary/aromatic N) is 3. The average Bonchev–Trinajstić information content (AvgIpc) is 3.24. The molecule has 0 amide bonds. The Labute approximate surface area is 214 Å². The Hall–Kier alpha value is -4.55. The topological polar surface area (TPSA) is 120 Å². The number of carbonyl (C=O) groups is 2. The van der Waals surface area contributed by atoms with Gasteiger partial charge in [-0.1, -0.05) is 30.3 Å².